The summed E-state index contributed by atoms with van der Waals surface area (Å²) in [6.45, 7) is 4.56. The second-order valence-electron chi connectivity index (χ2n) is 17.5. The van der Waals surface area contributed by atoms with E-state index in [1.54, 1.807) is 0 Å². The molecule has 0 aromatic carbocycles. The molecule has 0 aromatic rings. The molecule has 0 spiro atoms. The molecule has 0 aliphatic rings. The minimum Gasteiger partial charge on any atom is -0.391 e. The summed E-state index contributed by atoms with van der Waals surface area (Å²) in [7, 11) is -4.31. The molecule has 0 aliphatic heterocycles. The Morgan fingerprint density at radius 2 is 0.655 bits per heavy atom. The summed E-state index contributed by atoms with van der Waals surface area (Å²) in [5, 5.41) is 13.4. The predicted octanol–water partition coefficient (Wildman–Crippen LogP) is 15.1. The van der Waals surface area contributed by atoms with E-state index in [9.17, 15) is 22.9 Å². The fourth-order valence-corrected chi connectivity index (χ4v) is 8.86. The molecule has 0 aliphatic carbocycles. The first-order chi connectivity index (χ1) is 26.8. The summed E-state index contributed by atoms with van der Waals surface area (Å²) in [4.78, 5) is 12.6. The molecule has 2 unspecified atom stereocenters. The van der Waals surface area contributed by atoms with Gasteiger partial charge in [-0.05, 0) is 12.8 Å². The zero-order valence-electron chi connectivity index (χ0n) is 37.1. The lowest BCUT2D eigenvalue weighted by Crippen LogP contribution is -2.47. The van der Waals surface area contributed by atoms with Gasteiger partial charge in [-0.1, -0.05) is 264 Å². The van der Waals surface area contributed by atoms with E-state index in [1.807, 2.05) is 0 Å². The van der Waals surface area contributed by atoms with Gasteiger partial charge in [0.15, 0.2) is 0 Å². The number of aliphatic hydroxyl groups excluding tert-OH is 1. The van der Waals surface area contributed by atoms with Crippen LogP contribution in [0.3, 0.4) is 0 Å². The Bertz CT molecular complexity index is 882. The molecule has 0 rings (SSSR count). The maximum absolute atomic E-state index is 12.6. The lowest BCUT2D eigenvalue weighted by Gasteiger charge is -2.23. The third kappa shape index (κ3) is 44.3. The van der Waals surface area contributed by atoms with Crippen LogP contribution in [0.15, 0.2) is 0 Å². The lowest BCUT2D eigenvalue weighted by atomic mass is 10.0. The normalized spacial score (nSPS) is 13.0. The van der Waals surface area contributed by atoms with Gasteiger partial charge in [-0.2, -0.15) is 8.42 Å². The molecule has 1 amide bonds. The van der Waals surface area contributed by atoms with Crippen molar-refractivity contribution in [2.24, 2.45) is 0 Å². The highest BCUT2D eigenvalue weighted by atomic mass is 32.2. The number of carbonyl (C=O) groups excluding carboxylic acids is 1. The van der Waals surface area contributed by atoms with Crippen molar-refractivity contribution < 1.29 is 22.9 Å². The fraction of sp³-hybridized carbons (Fsp3) is 0.979. The predicted molar refractivity (Wildman–Crippen MR) is 240 cm³/mol. The Labute approximate surface area is 344 Å². The van der Waals surface area contributed by atoms with Crippen LogP contribution >= 0.6 is 0 Å². The molecule has 0 saturated heterocycles. The molecule has 55 heavy (non-hydrogen) atoms. The van der Waals surface area contributed by atoms with Gasteiger partial charge in [-0.3, -0.25) is 9.35 Å². The minimum atomic E-state index is -4.31. The Kier molecular flexibility index (Phi) is 42.4. The molecule has 0 saturated carbocycles. The van der Waals surface area contributed by atoms with E-state index in [0.29, 0.717) is 12.8 Å². The van der Waals surface area contributed by atoms with Crippen molar-refractivity contribution in [3.05, 3.63) is 0 Å². The second kappa shape index (κ2) is 42.9. The van der Waals surface area contributed by atoms with Gasteiger partial charge < -0.3 is 10.4 Å². The van der Waals surface area contributed by atoms with Crippen LogP contribution in [0.1, 0.15) is 284 Å². The molecule has 0 fully saturated rings. The zero-order chi connectivity index (χ0) is 40.3. The Morgan fingerprint density at radius 1 is 0.418 bits per heavy atom. The van der Waals surface area contributed by atoms with Crippen LogP contribution in [-0.2, 0) is 14.9 Å². The van der Waals surface area contributed by atoms with Crippen molar-refractivity contribution in [2.45, 2.75) is 296 Å². The van der Waals surface area contributed by atoms with Gasteiger partial charge >= 0.3 is 0 Å². The summed E-state index contributed by atoms with van der Waals surface area (Å²) < 4.78 is 32.7. The first-order valence-corrected chi connectivity index (χ1v) is 26.3. The first kappa shape index (κ1) is 54.3. The Hall–Kier alpha value is -0.660. The van der Waals surface area contributed by atoms with E-state index in [2.05, 4.69) is 19.2 Å². The molecule has 6 nitrogen and oxygen atoms in total. The number of aliphatic hydroxyl groups is 1. The summed E-state index contributed by atoms with van der Waals surface area (Å²) >= 11 is 0. The number of rotatable bonds is 46. The SMILES string of the molecule is CCCCCCCCCCCCCCCCCCCCCCCCCC(=O)NC(CS(=O)(=O)O)C(O)CCCCCCCCCCCCCCCCCCC. The van der Waals surface area contributed by atoms with Crippen molar-refractivity contribution in [1.29, 1.82) is 0 Å². The zero-order valence-corrected chi connectivity index (χ0v) is 37.9. The summed E-state index contributed by atoms with van der Waals surface area (Å²) in [5.41, 5.74) is 0. The number of amides is 1. The van der Waals surface area contributed by atoms with E-state index in [4.69, 9.17) is 0 Å². The second-order valence-corrected chi connectivity index (χ2v) is 19.0. The molecule has 330 valence electrons. The molecule has 0 aromatic heterocycles. The molecule has 0 bridgehead atoms. The fourth-order valence-electron chi connectivity index (χ4n) is 8.11. The van der Waals surface area contributed by atoms with Gasteiger partial charge in [0.1, 0.15) is 0 Å². The van der Waals surface area contributed by atoms with Gasteiger partial charge in [0.05, 0.1) is 17.9 Å². The third-order valence-electron chi connectivity index (χ3n) is 11.8. The molecule has 2 atom stereocenters. The maximum atomic E-state index is 12.6. The number of nitrogens with one attached hydrogen (secondary N) is 1. The number of unbranched alkanes of at least 4 members (excludes halogenated alkanes) is 38. The van der Waals surface area contributed by atoms with Crippen LogP contribution < -0.4 is 5.32 Å². The van der Waals surface area contributed by atoms with Crippen LogP contribution in [0.5, 0.6) is 0 Å². The smallest absolute Gasteiger partial charge is 0.266 e. The van der Waals surface area contributed by atoms with Crippen molar-refractivity contribution in [3.8, 4) is 0 Å². The van der Waals surface area contributed by atoms with E-state index in [-0.39, 0.29) is 5.91 Å². The van der Waals surface area contributed by atoms with Gasteiger partial charge in [-0.25, -0.2) is 0 Å². The largest absolute Gasteiger partial charge is 0.391 e. The van der Waals surface area contributed by atoms with Crippen molar-refractivity contribution >= 4 is 16.0 Å². The monoisotopic (exact) mass is 800 g/mol. The number of carbonyl (C=O) groups is 1. The van der Waals surface area contributed by atoms with E-state index < -0.39 is 28.0 Å². The molecule has 0 radical (unpaired) electrons. The summed E-state index contributed by atoms with van der Waals surface area (Å²) in [5.74, 6) is -0.878. The Morgan fingerprint density at radius 3 is 0.909 bits per heavy atom. The molecule has 3 N–H and O–H groups in total. The third-order valence-corrected chi connectivity index (χ3v) is 12.6. The van der Waals surface area contributed by atoms with Crippen molar-refractivity contribution in [1.82, 2.24) is 5.32 Å². The van der Waals surface area contributed by atoms with Gasteiger partial charge in [0.2, 0.25) is 5.91 Å². The highest BCUT2D eigenvalue weighted by Gasteiger charge is 2.26. The highest BCUT2D eigenvalue weighted by Crippen LogP contribution is 2.18. The highest BCUT2D eigenvalue weighted by molar-refractivity contribution is 7.85. The quantitative estimate of drug-likeness (QED) is 0.0420. The standard InChI is InChI=1S/C48H97NO5S/c1-3-5-7-9-11-13-15-17-19-21-22-23-24-25-26-28-30-32-34-36-38-40-42-44-48(51)49-46(45-55(52,53)54)47(50)43-41-39-37-35-33-31-29-27-20-18-16-14-12-10-8-6-4-2/h46-47,50H,3-45H2,1-2H3,(H,49,51)(H,52,53,54). The van der Waals surface area contributed by atoms with Crippen LogP contribution in [0.2, 0.25) is 0 Å². The topological polar surface area (TPSA) is 104 Å². The van der Waals surface area contributed by atoms with Gasteiger partial charge in [0.25, 0.3) is 10.1 Å². The van der Waals surface area contributed by atoms with Crippen LogP contribution in [-0.4, -0.2) is 41.9 Å². The lowest BCUT2D eigenvalue weighted by molar-refractivity contribution is -0.122. The van der Waals surface area contributed by atoms with E-state index in [1.165, 1.54) is 218 Å². The molecule has 0 heterocycles. The molecular weight excluding hydrogens is 703 g/mol. The average molecular weight is 800 g/mol. The minimum absolute atomic E-state index is 0.237. The van der Waals surface area contributed by atoms with Crippen molar-refractivity contribution in [2.75, 3.05) is 5.75 Å². The average Bonchev–Trinajstić information content (AvgIpc) is 3.15. The van der Waals surface area contributed by atoms with Crippen LogP contribution in [0, 0.1) is 0 Å². The number of hydrogen-bond acceptors (Lipinski definition) is 4. The molecular formula is C48H97NO5S. The number of hydrogen-bond donors (Lipinski definition) is 3. The Balaban J connectivity index is 3.70. The molecule has 7 heteroatoms. The first-order valence-electron chi connectivity index (χ1n) is 24.7. The summed E-state index contributed by atoms with van der Waals surface area (Å²) in [6, 6.07) is -0.965. The summed E-state index contributed by atoms with van der Waals surface area (Å²) in [6.07, 6.45) is 52.1. The van der Waals surface area contributed by atoms with Crippen molar-refractivity contribution in [3.63, 3.8) is 0 Å². The van der Waals surface area contributed by atoms with E-state index >= 15 is 0 Å². The van der Waals surface area contributed by atoms with Crippen LogP contribution in [0.25, 0.3) is 0 Å². The van der Waals surface area contributed by atoms with Gasteiger partial charge in [0, 0.05) is 6.42 Å². The van der Waals surface area contributed by atoms with Gasteiger partial charge in [-0.15, -0.1) is 0 Å². The van der Waals surface area contributed by atoms with Crippen LogP contribution in [0.4, 0.5) is 0 Å². The maximum Gasteiger partial charge on any atom is 0.266 e. The van der Waals surface area contributed by atoms with E-state index in [0.717, 1.165) is 38.5 Å².